The number of thioether (sulfide) groups is 1. The van der Waals surface area contributed by atoms with Crippen molar-refractivity contribution in [1.82, 2.24) is 9.97 Å². The van der Waals surface area contributed by atoms with E-state index in [0.717, 1.165) is 6.07 Å². The van der Waals surface area contributed by atoms with E-state index in [1.807, 2.05) is 6.92 Å². The second-order valence-electron chi connectivity index (χ2n) is 5.37. The van der Waals surface area contributed by atoms with E-state index in [9.17, 15) is 18.8 Å². The zero-order valence-electron chi connectivity index (χ0n) is 13.3. The number of hydrogen-bond acceptors (Lipinski definition) is 5. The van der Waals surface area contributed by atoms with E-state index < -0.39 is 29.1 Å². The molecule has 7 nitrogen and oxygen atoms in total. The van der Waals surface area contributed by atoms with Crippen molar-refractivity contribution in [1.29, 1.82) is 0 Å². The van der Waals surface area contributed by atoms with Gasteiger partial charge >= 0.3 is 0 Å². The van der Waals surface area contributed by atoms with E-state index in [2.05, 4.69) is 20.6 Å². The summed E-state index contributed by atoms with van der Waals surface area (Å²) in [7, 11) is 0. The number of carbonyl (C=O) groups excluding carboxylic acids is 2. The van der Waals surface area contributed by atoms with Crippen LogP contribution in [0.15, 0.2) is 34.2 Å². The molecule has 1 aromatic carbocycles. The average molecular weight is 362 g/mol. The first kappa shape index (κ1) is 17.2. The number of rotatable bonds is 4. The molecule has 9 heteroatoms. The van der Waals surface area contributed by atoms with Crippen LogP contribution in [0.25, 0.3) is 0 Å². The summed E-state index contributed by atoms with van der Waals surface area (Å²) in [5.41, 5.74) is -0.116. The molecule has 0 saturated heterocycles. The number of carbonyl (C=O) groups is 2. The molecule has 2 heterocycles. The van der Waals surface area contributed by atoms with Crippen LogP contribution < -0.4 is 16.2 Å². The van der Waals surface area contributed by atoms with Crippen molar-refractivity contribution in [2.75, 3.05) is 16.4 Å². The predicted molar refractivity (Wildman–Crippen MR) is 92.3 cm³/mol. The molecular formula is C16H15FN4O3S. The highest BCUT2D eigenvalue weighted by atomic mass is 32.2. The van der Waals surface area contributed by atoms with Crippen LogP contribution in [0.3, 0.4) is 0 Å². The van der Waals surface area contributed by atoms with Crippen LogP contribution in [0.1, 0.15) is 24.8 Å². The molecule has 3 N–H and O–H groups in total. The summed E-state index contributed by atoms with van der Waals surface area (Å²) >= 11 is 1.32. The number of halogens is 1. The lowest BCUT2D eigenvalue weighted by atomic mass is 9.92. The lowest BCUT2D eigenvalue weighted by Crippen LogP contribution is -2.36. The highest BCUT2D eigenvalue weighted by Gasteiger charge is 2.34. The van der Waals surface area contributed by atoms with Crippen molar-refractivity contribution in [2.24, 2.45) is 0 Å². The van der Waals surface area contributed by atoms with Crippen LogP contribution >= 0.6 is 11.8 Å². The Morgan fingerprint density at radius 3 is 2.96 bits per heavy atom. The number of amides is 2. The molecule has 1 aliphatic rings. The molecule has 0 saturated carbocycles. The molecule has 1 unspecified atom stereocenters. The first-order chi connectivity index (χ1) is 12.0. The molecule has 1 aliphatic heterocycles. The topological polar surface area (TPSA) is 104 Å². The monoisotopic (exact) mass is 362 g/mol. The lowest BCUT2D eigenvalue weighted by Gasteiger charge is -2.23. The molecule has 0 aliphatic carbocycles. The Balaban J connectivity index is 1.94. The van der Waals surface area contributed by atoms with Crippen LogP contribution in [0, 0.1) is 5.82 Å². The normalized spacial score (nSPS) is 16.1. The fourth-order valence-corrected chi connectivity index (χ4v) is 3.17. The molecule has 1 aromatic heterocycles. The summed E-state index contributed by atoms with van der Waals surface area (Å²) in [6, 6.07) is 5.38. The largest absolute Gasteiger partial charge is 0.325 e. The maximum absolute atomic E-state index is 13.3. The SMILES string of the molecule is CCSc1nc2c(c(=O)[nH]1)C(C(=O)Nc1cccc(F)c1)CC(=O)N2. The van der Waals surface area contributed by atoms with E-state index >= 15 is 0 Å². The maximum Gasteiger partial charge on any atom is 0.257 e. The number of anilines is 2. The van der Waals surface area contributed by atoms with Crippen molar-refractivity contribution in [3.8, 4) is 0 Å². The number of hydrogen-bond donors (Lipinski definition) is 3. The maximum atomic E-state index is 13.3. The molecule has 2 aromatic rings. The third-order valence-corrected chi connectivity index (χ3v) is 4.37. The van der Waals surface area contributed by atoms with Gasteiger partial charge in [0.25, 0.3) is 5.56 Å². The molecule has 2 amide bonds. The Kier molecular flexibility index (Phi) is 4.84. The Hall–Kier alpha value is -2.68. The van der Waals surface area contributed by atoms with Gasteiger partial charge in [-0.3, -0.25) is 14.4 Å². The number of H-pyrrole nitrogens is 1. The zero-order valence-corrected chi connectivity index (χ0v) is 14.1. The molecule has 130 valence electrons. The van der Waals surface area contributed by atoms with Crippen LogP contribution in [-0.4, -0.2) is 27.5 Å². The molecular weight excluding hydrogens is 347 g/mol. The van der Waals surface area contributed by atoms with Crippen molar-refractivity contribution < 1.29 is 14.0 Å². The average Bonchev–Trinajstić information content (AvgIpc) is 2.54. The van der Waals surface area contributed by atoms with Crippen LogP contribution in [-0.2, 0) is 9.59 Å². The lowest BCUT2D eigenvalue weighted by molar-refractivity contribution is -0.123. The predicted octanol–water partition coefficient (Wildman–Crippen LogP) is 2.09. The van der Waals surface area contributed by atoms with Gasteiger partial charge in [0.05, 0.1) is 11.5 Å². The quantitative estimate of drug-likeness (QED) is 0.571. The number of aromatic nitrogens is 2. The highest BCUT2D eigenvalue weighted by molar-refractivity contribution is 7.99. The van der Waals surface area contributed by atoms with Gasteiger partial charge in [-0.25, -0.2) is 9.37 Å². The molecule has 1 atom stereocenters. The zero-order chi connectivity index (χ0) is 18.0. The van der Waals surface area contributed by atoms with Gasteiger partial charge in [0.15, 0.2) is 5.16 Å². The van der Waals surface area contributed by atoms with Crippen molar-refractivity contribution >= 4 is 35.1 Å². The Labute approximate surface area is 146 Å². The standard InChI is InChI=1S/C16H15FN4O3S/c1-2-25-16-20-13-12(15(24)21-16)10(7-11(22)19-13)14(23)18-9-5-3-4-8(17)6-9/h3-6,10H,2,7H2,1H3,(H,18,23)(H2,19,20,21,22,24). The number of aromatic amines is 1. The van der Waals surface area contributed by atoms with E-state index in [4.69, 9.17) is 0 Å². The molecule has 0 radical (unpaired) electrons. The van der Waals surface area contributed by atoms with Gasteiger partial charge in [-0.2, -0.15) is 0 Å². The Morgan fingerprint density at radius 2 is 2.24 bits per heavy atom. The fourth-order valence-electron chi connectivity index (χ4n) is 2.58. The Bertz CT molecular complexity index is 899. The molecule has 0 fully saturated rings. The summed E-state index contributed by atoms with van der Waals surface area (Å²) in [5, 5.41) is 5.44. The van der Waals surface area contributed by atoms with E-state index in [-0.39, 0.29) is 23.5 Å². The molecule has 0 bridgehead atoms. The number of benzene rings is 1. The van der Waals surface area contributed by atoms with E-state index in [1.165, 1.54) is 30.0 Å². The molecule has 25 heavy (non-hydrogen) atoms. The summed E-state index contributed by atoms with van der Waals surface area (Å²) in [6.07, 6.45) is -0.181. The number of nitrogens with one attached hydrogen (secondary N) is 3. The van der Waals surface area contributed by atoms with Gasteiger partial charge in [-0.1, -0.05) is 24.8 Å². The summed E-state index contributed by atoms with van der Waals surface area (Å²) in [6.45, 7) is 1.90. The Morgan fingerprint density at radius 1 is 1.44 bits per heavy atom. The van der Waals surface area contributed by atoms with Crippen molar-refractivity contribution in [3.63, 3.8) is 0 Å². The minimum absolute atomic E-state index is 0.0929. The van der Waals surface area contributed by atoms with Crippen molar-refractivity contribution in [3.05, 3.63) is 46.0 Å². The van der Waals surface area contributed by atoms with Gasteiger partial charge in [0, 0.05) is 12.1 Å². The van der Waals surface area contributed by atoms with Crippen LogP contribution in [0.4, 0.5) is 15.9 Å². The third kappa shape index (κ3) is 3.71. The first-order valence-corrected chi connectivity index (χ1v) is 8.59. The summed E-state index contributed by atoms with van der Waals surface area (Å²) < 4.78 is 13.3. The smallest absolute Gasteiger partial charge is 0.257 e. The van der Waals surface area contributed by atoms with Gasteiger partial charge in [-0.15, -0.1) is 0 Å². The molecule has 3 rings (SSSR count). The van der Waals surface area contributed by atoms with Gasteiger partial charge < -0.3 is 15.6 Å². The minimum atomic E-state index is -0.996. The third-order valence-electron chi connectivity index (χ3n) is 3.62. The van der Waals surface area contributed by atoms with Crippen molar-refractivity contribution in [2.45, 2.75) is 24.4 Å². The summed E-state index contributed by atoms with van der Waals surface area (Å²) in [5.74, 6) is -1.68. The number of nitrogens with zero attached hydrogens (tertiary/aromatic N) is 1. The van der Waals surface area contributed by atoms with Crippen LogP contribution in [0.5, 0.6) is 0 Å². The summed E-state index contributed by atoms with van der Waals surface area (Å²) in [4.78, 5) is 43.7. The van der Waals surface area contributed by atoms with Gasteiger partial charge in [0.1, 0.15) is 11.6 Å². The highest BCUT2D eigenvalue weighted by Crippen LogP contribution is 2.30. The van der Waals surface area contributed by atoms with E-state index in [1.54, 1.807) is 0 Å². The second-order valence-corrected chi connectivity index (χ2v) is 6.62. The molecule has 0 spiro atoms. The second kappa shape index (κ2) is 7.06. The van der Waals surface area contributed by atoms with Crippen LogP contribution in [0.2, 0.25) is 0 Å². The van der Waals surface area contributed by atoms with E-state index in [0.29, 0.717) is 10.9 Å². The van der Waals surface area contributed by atoms with Gasteiger partial charge in [-0.05, 0) is 24.0 Å². The minimum Gasteiger partial charge on any atom is -0.325 e. The van der Waals surface area contributed by atoms with Gasteiger partial charge in [0.2, 0.25) is 11.8 Å². The number of fused-ring (bicyclic) bond motifs is 1. The fraction of sp³-hybridized carbons (Fsp3) is 0.250. The first-order valence-electron chi connectivity index (χ1n) is 7.61.